The van der Waals surface area contributed by atoms with E-state index in [0.717, 1.165) is 5.56 Å². The first kappa shape index (κ1) is 22.9. The summed E-state index contributed by atoms with van der Waals surface area (Å²) < 4.78 is 42.8. The van der Waals surface area contributed by atoms with Crippen LogP contribution in [0.3, 0.4) is 0 Å². The Bertz CT molecular complexity index is 963. The van der Waals surface area contributed by atoms with Crippen molar-refractivity contribution >= 4 is 17.6 Å². The second-order valence-electron chi connectivity index (χ2n) is 8.33. The molecule has 1 aromatic heterocycles. The van der Waals surface area contributed by atoms with E-state index in [1.807, 2.05) is 18.3 Å². The van der Waals surface area contributed by atoms with E-state index >= 15 is 0 Å². The van der Waals surface area contributed by atoms with Crippen LogP contribution in [0.2, 0.25) is 0 Å². The highest BCUT2D eigenvalue weighted by molar-refractivity contribution is 5.90. The molecule has 1 N–H and O–H groups in total. The van der Waals surface area contributed by atoms with Crippen molar-refractivity contribution in [2.24, 2.45) is 0 Å². The molecule has 0 unspecified atom stereocenters. The van der Waals surface area contributed by atoms with Crippen LogP contribution in [-0.2, 0) is 4.79 Å². The van der Waals surface area contributed by atoms with E-state index in [4.69, 9.17) is 4.74 Å². The van der Waals surface area contributed by atoms with Gasteiger partial charge in [0.2, 0.25) is 5.91 Å². The highest BCUT2D eigenvalue weighted by Crippen LogP contribution is 2.28. The molecule has 2 aliphatic rings. The number of aromatic nitrogens is 1. The molecule has 4 rings (SSSR count). The highest BCUT2D eigenvalue weighted by Gasteiger charge is 2.33. The van der Waals surface area contributed by atoms with Crippen LogP contribution in [0.15, 0.2) is 48.8 Å². The Kier molecular flexibility index (Phi) is 6.71. The predicted octanol–water partition coefficient (Wildman–Crippen LogP) is 4.04. The summed E-state index contributed by atoms with van der Waals surface area (Å²) in [6.07, 6.45) is -2.15. The van der Waals surface area contributed by atoms with E-state index < -0.39 is 24.9 Å². The zero-order chi connectivity index (χ0) is 23.4. The molecule has 0 spiro atoms. The maximum Gasteiger partial charge on any atom is 0.389 e. The zero-order valence-corrected chi connectivity index (χ0v) is 17.9. The summed E-state index contributed by atoms with van der Waals surface area (Å²) in [7, 11) is 0. The number of alkyl halides is 3. The van der Waals surface area contributed by atoms with Gasteiger partial charge >= 0.3 is 12.2 Å². The van der Waals surface area contributed by atoms with Crippen molar-refractivity contribution in [3.8, 4) is 5.75 Å². The molecule has 2 aliphatic heterocycles. The van der Waals surface area contributed by atoms with Gasteiger partial charge in [-0.3, -0.25) is 9.78 Å². The van der Waals surface area contributed by atoms with Crippen LogP contribution in [0.5, 0.6) is 5.75 Å². The second kappa shape index (κ2) is 9.68. The minimum absolute atomic E-state index is 0.174. The van der Waals surface area contributed by atoms with Crippen LogP contribution in [0.4, 0.5) is 23.7 Å². The van der Waals surface area contributed by atoms with Crippen molar-refractivity contribution in [2.45, 2.75) is 37.5 Å². The van der Waals surface area contributed by atoms with Crippen LogP contribution < -0.4 is 10.1 Å². The lowest BCUT2D eigenvalue weighted by Crippen LogP contribution is -2.50. The number of halogens is 3. The lowest BCUT2D eigenvalue weighted by molar-refractivity contribution is -0.148. The number of ether oxygens (including phenoxy) is 1. The van der Waals surface area contributed by atoms with Gasteiger partial charge in [0.1, 0.15) is 11.9 Å². The summed E-state index contributed by atoms with van der Waals surface area (Å²) in [6, 6.07) is 10.6. The predicted molar refractivity (Wildman–Crippen MR) is 115 cm³/mol. The molecule has 1 aromatic carbocycles. The van der Waals surface area contributed by atoms with E-state index in [1.54, 1.807) is 35.4 Å². The summed E-state index contributed by atoms with van der Waals surface area (Å²) in [5.74, 6) is 0.364. The van der Waals surface area contributed by atoms with Crippen LogP contribution in [0, 0.1) is 0 Å². The SMILES string of the molecule is O=C(CCC(F)(F)F)N1CC[C@@H](Oc2ccc(NC(=O)N3CC(c4cccnc4)C3)cc2)C1. The third-order valence-corrected chi connectivity index (χ3v) is 5.85. The molecule has 0 saturated carbocycles. The number of pyridine rings is 1. The fourth-order valence-corrected chi connectivity index (χ4v) is 3.94. The van der Waals surface area contributed by atoms with Crippen LogP contribution in [0.25, 0.3) is 0 Å². The first-order valence-electron chi connectivity index (χ1n) is 10.8. The van der Waals surface area contributed by atoms with Crippen molar-refractivity contribution in [1.82, 2.24) is 14.8 Å². The molecule has 3 amide bonds. The lowest BCUT2D eigenvalue weighted by atomic mass is 9.93. The molecular formula is C23H25F3N4O3. The maximum atomic E-state index is 12.4. The van der Waals surface area contributed by atoms with Crippen LogP contribution in [0.1, 0.15) is 30.7 Å². The summed E-state index contributed by atoms with van der Waals surface area (Å²) in [6.45, 7) is 1.92. The topological polar surface area (TPSA) is 74.8 Å². The molecule has 33 heavy (non-hydrogen) atoms. The first-order valence-corrected chi connectivity index (χ1v) is 10.8. The third-order valence-electron chi connectivity index (χ3n) is 5.85. The molecule has 0 radical (unpaired) electrons. The van der Waals surface area contributed by atoms with Crippen molar-refractivity contribution in [2.75, 3.05) is 31.5 Å². The zero-order valence-electron chi connectivity index (χ0n) is 17.9. The monoisotopic (exact) mass is 462 g/mol. The van der Waals surface area contributed by atoms with Crippen molar-refractivity contribution < 1.29 is 27.5 Å². The molecule has 2 fully saturated rings. The number of hydrogen-bond donors (Lipinski definition) is 1. The van der Waals surface area contributed by atoms with E-state index in [0.29, 0.717) is 43.4 Å². The first-order chi connectivity index (χ1) is 15.8. The van der Waals surface area contributed by atoms with E-state index in [-0.39, 0.29) is 18.7 Å². The minimum Gasteiger partial charge on any atom is -0.489 e. The Balaban J connectivity index is 1.20. The smallest absolute Gasteiger partial charge is 0.389 e. The largest absolute Gasteiger partial charge is 0.489 e. The standard InChI is InChI=1S/C23H25F3N4O3/c24-23(25,26)9-7-21(31)29-11-8-20(15-29)33-19-5-3-18(4-6-19)28-22(32)30-13-17(14-30)16-2-1-10-27-12-16/h1-6,10,12,17,20H,7-9,11,13-15H2,(H,28,32)/t20-/m1/s1. The minimum atomic E-state index is -4.33. The van der Waals surface area contributed by atoms with Gasteiger partial charge in [-0.15, -0.1) is 0 Å². The highest BCUT2D eigenvalue weighted by atomic mass is 19.4. The maximum absolute atomic E-state index is 12.4. The van der Waals surface area contributed by atoms with E-state index in [9.17, 15) is 22.8 Å². The van der Waals surface area contributed by atoms with Gasteiger partial charge in [0.15, 0.2) is 0 Å². The number of likely N-dealkylation sites (tertiary alicyclic amines) is 2. The number of nitrogens with zero attached hydrogens (tertiary/aromatic N) is 3. The summed E-state index contributed by atoms with van der Waals surface area (Å²) >= 11 is 0. The van der Waals surface area contributed by atoms with Gasteiger partial charge in [0.05, 0.1) is 13.0 Å². The average molecular weight is 462 g/mol. The van der Waals surface area contributed by atoms with Gasteiger partial charge in [0, 0.05) is 56.5 Å². The molecule has 10 heteroatoms. The Morgan fingerprint density at radius 1 is 1.09 bits per heavy atom. The van der Waals surface area contributed by atoms with E-state index in [2.05, 4.69) is 10.3 Å². The third kappa shape index (κ3) is 6.15. The number of rotatable bonds is 6. The van der Waals surface area contributed by atoms with Gasteiger partial charge in [-0.05, 0) is 35.9 Å². The van der Waals surface area contributed by atoms with Crippen LogP contribution >= 0.6 is 0 Å². The number of hydrogen-bond acceptors (Lipinski definition) is 4. The Hall–Kier alpha value is -3.30. The average Bonchev–Trinajstić information content (AvgIpc) is 3.21. The van der Waals surface area contributed by atoms with Crippen molar-refractivity contribution in [3.05, 3.63) is 54.4 Å². The molecule has 0 aliphatic carbocycles. The molecule has 2 aromatic rings. The molecule has 2 saturated heterocycles. The number of carbonyl (C=O) groups excluding carboxylic acids is 2. The summed E-state index contributed by atoms with van der Waals surface area (Å²) in [5, 5.41) is 2.86. The Labute approximate surface area is 189 Å². The molecular weight excluding hydrogens is 437 g/mol. The van der Waals surface area contributed by atoms with Crippen LogP contribution in [-0.4, -0.2) is 65.2 Å². The Morgan fingerprint density at radius 3 is 2.52 bits per heavy atom. The fourth-order valence-electron chi connectivity index (χ4n) is 3.94. The number of carbonyl (C=O) groups is 2. The molecule has 3 heterocycles. The lowest BCUT2D eigenvalue weighted by Gasteiger charge is -2.39. The van der Waals surface area contributed by atoms with Gasteiger partial charge < -0.3 is 19.9 Å². The summed E-state index contributed by atoms with van der Waals surface area (Å²) in [5.41, 5.74) is 1.75. The van der Waals surface area contributed by atoms with Crippen molar-refractivity contribution in [3.63, 3.8) is 0 Å². The number of amides is 3. The Morgan fingerprint density at radius 2 is 1.85 bits per heavy atom. The quantitative estimate of drug-likeness (QED) is 0.703. The number of anilines is 1. The molecule has 0 bridgehead atoms. The number of nitrogens with one attached hydrogen (secondary N) is 1. The fraction of sp³-hybridized carbons (Fsp3) is 0.435. The number of benzene rings is 1. The molecule has 176 valence electrons. The molecule has 1 atom stereocenters. The van der Waals surface area contributed by atoms with Gasteiger partial charge in [-0.25, -0.2) is 4.79 Å². The van der Waals surface area contributed by atoms with E-state index in [1.165, 1.54) is 4.90 Å². The van der Waals surface area contributed by atoms with Gasteiger partial charge in [0.25, 0.3) is 0 Å². The molecule has 7 nitrogen and oxygen atoms in total. The second-order valence-corrected chi connectivity index (χ2v) is 8.33. The van der Waals surface area contributed by atoms with Crippen molar-refractivity contribution in [1.29, 1.82) is 0 Å². The normalized spacial score (nSPS) is 18.7. The van der Waals surface area contributed by atoms with Gasteiger partial charge in [-0.1, -0.05) is 6.07 Å². The number of urea groups is 1. The summed E-state index contributed by atoms with van der Waals surface area (Å²) in [4.78, 5) is 31.6. The van der Waals surface area contributed by atoms with Gasteiger partial charge in [-0.2, -0.15) is 13.2 Å².